The zero-order valence-electron chi connectivity index (χ0n) is 15.4. The van der Waals surface area contributed by atoms with E-state index in [2.05, 4.69) is 28.1 Å². The van der Waals surface area contributed by atoms with Gasteiger partial charge in [0.05, 0.1) is 20.8 Å². The Morgan fingerprint density at radius 2 is 1.60 bits per heavy atom. The summed E-state index contributed by atoms with van der Waals surface area (Å²) < 4.78 is 10.6. The third kappa shape index (κ3) is 6.08. The molecule has 0 saturated carbocycles. The van der Waals surface area contributed by atoms with Crippen LogP contribution in [0.5, 0.6) is 11.5 Å². The predicted molar refractivity (Wildman–Crippen MR) is 106 cm³/mol. The monoisotopic (exact) mass is 338 g/mol. The molecule has 2 rings (SSSR count). The number of aliphatic imine (C=N–C) groups is 1. The second-order valence-corrected chi connectivity index (χ2v) is 5.95. The van der Waals surface area contributed by atoms with E-state index in [1.54, 1.807) is 14.2 Å². The lowest BCUT2D eigenvalue weighted by molar-refractivity contribution is 0.413. The summed E-state index contributed by atoms with van der Waals surface area (Å²) in [6, 6.07) is 14.1. The van der Waals surface area contributed by atoms with E-state index in [-0.39, 0.29) is 0 Å². The van der Waals surface area contributed by atoms with Crippen LogP contribution >= 0.6 is 0 Å². The molecule has 0 fully saturated rings. The molecule has 2 aromatic carbocycles. The van der Waals surface area contributed by atoms with E-state index in [1.807, 2.05) is 56.7 Å². The molecule has 0 radical (unpaired) electrons. The molecular weight excluding hydrogens is 312 g/mol. The molecule has 0 heterocycles. The van der Waals surface area contributed by atoms with Crippen molar-refractivity contribution in [2.45, 2.75) is 0 Å². The summed E-state index contributed by atoms with van der Waals surface area (Å²) in [5, 5.41) is 0. The SMILES string of the molecule is COc1ccc(/C=C/c2ccc(OC)c(C=NCCN(C)C)c2)cc1. The van der Waals surface area contributed by atoms with Crippen LogP contribution in [-0.4, -0.2) is 52.5 Å². The Labute approximate surface area is 150 Å². The Kier molecular flexibility index (Phi) is 7.23. The lowest BCUT2D eigenvalue weighted by atomic mass is 10.1. The maximum Gasteiger partial charge on any atom is 0.127 e. The Bertz CT molecular complexity index is 719. The Hall–Kier alpha value is -2.59. The van der Waals surface area contributed by atoms with Crippen molar-refractivity contribution in [3.8, 4) is 11.5 Å². The highest BCUT2D eigenvalue weighted by Crippen LogP contribution is 2.20. The van der Waals surface area contributed by atoms with Crippen LogP contribution in [0.15, 0.2) is 47.5 Å². The molecule has 0 aliphatic rings. The van der Waals surface area contributed by atoms with Crippen molar-refractivity contribution in [1.82, 2.24) is 4.90 Å². The number of rotatable bonds is 8. The minimum Gasteiger partial charge on any atom is -0.497 e. The van der Waals surface area contributed by atoms with Gasteiger partial charge in [0.2, 0.25) is 0 Å². The van der Waals surface area contributed by atoms with Gasteiger partial charge in [-0.05, 0) is 49.5 Å². The Morgan fingerprint density at radius 3 is 2.24 bits per heavy atom. The average Bonchev–Trinajstić information content (AvgIpc) is 2.64. The van der Waals surface area contributed by atoms with Crippen molar-refractivity contribution < 1.29 is 9.47 Å². The van der Waals surface area contributed by atoms with Crippen LogP contribution in [0, 0.1) is 0 Å². The molecule has 0 atom stereocenters. The van der Waals surface area contributed by atoms with Gasteiger partial charge in [0, 0.05) is 18.3 Å². The van der Waals surface area contributed by atoms with Crippen LogP contribution in [0.25, 0.3) is 12.2 Å². The number of nitrogens with zero attached hydrogens (tertiary/aromatic N) is 2. The number of likely N-dealkylation sites (N-methyl/N-ethyl adjacent to an activating group) is 1. The first kappa shape index (κ1) is 18.7. The van der Waals surface area contributed by atoms with E-state index in [4.69, 9.17) is 9.47 Å². The van der Waals surface area contributed by atoms with Gasteiger partial charge in [-0.3, -0.25) is 4.99 Å². The Balaban J connectivity index is 2.12. The molecule has 0 N–H and O–H groups in total. The summed E-state index contributed by atoms with van der Waals surface area (Å²) in [5.74, 6) is 1.69. The van der Waals surface area contributed by atoms with Crippen LogP contribution in [0.3, 0.4) is 0 Å². The molecule has 0 unspecified atom stereocenters. The predicted octanol–water partition coefficient (Wildman–Crippen LogP) is 3.85. The molecule has 0 aromatic heterocycles. The van der Waals surface area contributed by atoms with Gasteiger partial charge in [0.25, 0.3) is 0 Å². The first-order valence-electron chi connectivity index (χ1n) is 8.27. The fourth-order valence-corrected chi connectivity index (χ4v) is 2.29. The summed E-state index contributed by atoms with van der Waals surface area (Å²) in [5.41, 5.74) is 3.21. The van der Waals surface area contributed by atoms with Crippen LogP contribution in [0.4, 0.5) is 0 Å². The molecule has 4 nitrogen and oxygen atoms in total. The number of hydrogen-bond donors (Lipinski definition) is 0. The summed E-state index contributed by atoms with van der Waals surface area (Å²) in [4.78, 5) is 6.60. The van der Waals surface area contributed by atoms with Crippen molar-refractivity contribution >= 4 is 18.4 Å². The highest BCUT2D eigenvalue weighted by atomic mass is 16.5. The van der Waals surface area contributed by atoms with E-state index in [0.717, 1.165) is 41.3 Å². The standard InChI is InChI=1S/C21H26N2O2/c1-23(2)14-13-22-16-19-15-18(9-12-21(19)25-4)6-5-17-7-10-20(24-3)11-8-17/h5-12,15-16H,13-14H2,1-4H3/b6-5+,22-16?. The van der Waals surface area contributed by atoms with Crippen LogP contribution in [-0.2, 0) is 0 Å². The average molecular weight is 338 g/mol. The highest BCUT2D eigenvalue weighted by Gasteiger charge is 2.01. The fraction of sp³-hybridized carbons (Fsp3) is 0.286. The maximum atomic E-state index is 5.43. The molecule has 0 spiro atoms. The van der Waals surface area contributed by atoms with Crippen molar-refractivity contribution in [3.05, 3.63) is 59.2 Å². The second-order valence-electron chi connectivity index (χ2n) is 5.95. The van der Waals surface area contributed by atoms with Crippen molar-refractivity contribution in [2.75, 3.05) is 41.4 Å². The zero-order valence-corrected chi connectivity index (χ0v) is 15.4. The molecule has 0 aliphatic carbocycles. The van der Waals surface area contributed by atoms with Crippen molar-refractivity contribution in [1.29, 1.82) is 0 Å². The Morgan fingerprint density at radius 1 is 0.920 bits per heavy atom. The number of methoxy groups -OCH3 is 2. The van der Waals surface area contributed by atoms with E-state index in [0.29, 0.717) is 0 Å². The number of benzene rings is 2. The van der Waals surface area contributed by atoms with Gasteiger partial charge in [0.15, 0.2) is 0 Å². The van der Waals surface area contributed by atoms with Crippen molar-refractivity contribution in [3.63, 3.8) is 0 Å². The maximum absolute atomic E-state index is 5.43. The largest absolute Gasteiger partial charge is 0.497 e. The third-order valence-electron chi connectivity index (χ3n) is 3.74. The van der Waals surface area contributed by atoms with Gasteiger partial charge in [0.1, 0.15) is 11.5 Å². The molecule has 0 saturated heterocycles. The first-order chi connectivity index (χ1) is 12.1. The topological polar surface area (TPSA) is 34.1 Å². The van der Waals surface area contributed by atoms with E-state index in [1.165, 1.54) is 0 Å². The molecule has 2 aromatic rings. The van der Waals surface area contributed by atoms with Crippen LogP contribution in [0.1, 0.15) is 16.7 Å². The lowest BCUT2D eigenvalue weighted by Crippen LogP contribution is -2.15. The molecule has 0 bridgehead atoms. The molecule has 0 aliphatic heterocycles. The lowest BCUT2D eigenvalue weighted by Gasteiger charge is -2.07. The normalized spacial score (nSPS) is 11.6. The molecule has 0 amide bonds. The van der Waals surface area contributed by atoms with Crippen LogP contribution < -0.4 is 9.47 Å². The van der Waals surface area contributed by atoms with Gasteiger partial charge >= 0.3 is 0 Å². The van der Waals surface area contributed by atoms with Gasteiger partial charge in [-0.1, -0.05) is 30.4 Å². The van der Waals surface area contributed by atoms with Crippen LogP contribution in [0.2, 0.25) is 0 Å². The van der Waals surface area contributed by atoms with Gasteiger partial charge in [-0.2, -0.15) is 0 Å². The van der Waals surface area contributed by atoms with E-state index >= 15 is 0 Å². The van der Waals surface area contributed by atoms with Gasteiger partial charge < -0.3 is 14.4 Å². The van der Waals surface area contributed by atoms with Gasteiger partial charge in [-0.15, -0.1) is 0 Å². The van der Waals surface area contributed by atoms with E-state index < -0.39 is 0 Å². The molecule has 132 valence electrons. The smallest absolute Gasteiger partial charge is 0.127 e. The molecule has 25 heavy (non-hydrogen) atoms. The quantitative estimate of drug-likeness (QED) is 0.541. The van der Waals surface area contributed by atoms with Crippen molar-refractivity contribution in [2.24, 2.45) is 4.99 Å². The van der Waals surface area contributed by atoms with Gasteiger partial charge in [-0.25, -0.2) is 0 Å². The highest BCUT2D eigenvalue weighted by molar-refractivity contribution is 5.85. The summed E-state index contributed by atoms with van der Waals surface area (Å²) in [6.07, 6.45) is 6.04. The molecule has 4 heteroatoms. The minimum absolute atomic E-state index is 0.766. The number of hydrogen-bond acceptors (Lipinski definition) is 4. The third-order valence-corrected chi connectivity index (χ3v) is 3.74. The summed E-state index contributed by atoms with van der Waals surface area (Å²) in [7, 11) is 7.44. The van der Waals surface area contributed by atoms with E-state index in [9.17, 15) is 0 Å². The first-order valence-corrected chi connectivity index (χ1v) is 8.27. The minimum atomic E-state index is 0.766. The summed E-state index contributed by atoms with van der Waals surface area (Å²) >= 11 is 0. The second kappa shape index (κ2) is 9.64. The number of ether oxygens (including phenoxy) is 2. The fourth-order valence-electron chi connectivity index (χ4n) is 2.29. The molecular formula is C21H26N2O2. The summed E-state index contributed by atoms with van der Waals surface area (Å²) in [6.45, 7) is 1.69. The zero-order chi connectivity index (χ0) is 18.1.